The van der Waals surface area contributed by atoms with Crippen LogP contribution in [-0.4, -0.2) is 54.0 Å². The van der Waals surface area contributed by atoms with Gasteiger partial charge in [0.05, 0.1) is 13.2 Å². The number of carbonyl (C=O) groups is 2. The molecule has 190 valence electrons. The van der Waals surface area contributed by atoms with Gasteiger partial charge >= 0.3 is 0 Å². The third-order valence-corrected chi connectivity index (χ3v) is 7.53. The summed E-state index contributed by atoms with van der Waals surface area (Å²) in [5.41, 5.74) is 0.986. The minimum absolute atomic E-state index is 0.0422. The van der Waals surface area contributed by atoms with Gasteiger partial charge in [0.15, 0.2) is 11.5 Å². The van der Waals surface area contributed by atoms with Crippen LogP contribution in [0.1, 0.15) is 47.6 Å². The maximum atomic E-state index is 13.8. The number of carbonyl (C=O) groups excluding carboxylic acids is 2. The minimum Gasteiger partial charge on any atom is -0.493 e. The van der Waals surface area contributed by atoms with E-state index < -0.39 is 5.54 Å². The molecule has 2 amide bonds. The van der Waals surface area contributed by atoms with Crippen molar-refractivity contribution in [3.05, 3.63) is 81.0 Å². The number of nitrogens with zero attached hydrogens (tertiary/aromatic N) is 2. The highest BCUT2D eigenvalue weighted by molar-refractivity contribution is 7.10. The quantitative estimate of drug-likeness (QED) is 0.387. The van der Waals surface area contributed by atoms with Gasteiger partial charge in [-0.25, -0.2) is 0 Å². The maximum absolute atomic E-state index is 13.8. The number of benzene rings is 2. The number of ether oxygens (including phenoxy) is 2. The topological polar surface area (TPSA) is 59.1 Å². The van der Waals surface area contributed by atoms with Crippen molar-refractivity contribution in [3.63, 3.8) is 0 Å². The number of hydrogen-bond acceptors (Lipinski definition) is 5. The summed E-state index contributed by atoms with van der Waals surface area (Å²) in [5.74, 6) is 0.921. The van der Waals surface area contributed by atoms with Gasteiger partial charge in [0.1, 0.15) is 13.2 Å². The summed E-state index contributed by atoms with van der Waals surface area (Å²) in [6, 6.07) is 16.1. The highest BCUT2D eigenvalue weighted by Crippen LogP contribution is 2.35. The van der Waals surface area contributed by atoms with Gasteiger partial charge in [-0.2, -0.15) is 0 Å². The van der Waals surface area contributed by atoms with E-state index in [0.717, 1.165) is 12.0 Å². The average Bonchev–Trinajstić information content (AvgIpc) is 3.34. The van der Waals surface area contributed by atoms with E-state index in [1.807, 2.05) is 49.9 Å². The van der Waals surface area contributed by atoms with Gasteiger partial charge in [0.25, 0.3) is 5.91 Å². The average molecular weight is 527 g/mol. The van der Waals surface area contributed by atoms with E-state index in [-0.39, 0.29) is 31.0 Å². The number of methoxy groups -OCH3 is 1. The Hall–Kier alpha value is -3.03. The van der Waals surface area contributed by atoms with Gasteiger partial charge in [0, 0.05) is 27.5 Å². The Morgan fingerprint density at radius 2 is 1.86 bits per heavy atom. The summed E-state index contributed by atoms with van der Waals surface area (Å²) in [7, 11) is 1.60. The number of halogens is 1. The highest BCUT2D eigenvalue weighted by atomic mass is 35.5. The summed E-state index contributed by atoms with van der Waals surface area (Å²) < 4.78 is 11.6. The summed E-state index contributed by atoms with van der Waals surface area (Å²) >= 11 is 7.83. The van der Waals surface area contributed by atoms with Crippen molar-refractivity contribution in [2.75, 3.05) is 26.8 Å². The van der Waals surface area contributed by atoms with Crippen LogP contribution < -0.4 is 9.47 Å². The Morgan fingerprint density at radius 3 is 2.56 bits per heavy atom. The molecule has 0 aliphatic carbocycles. The van der Waals surface area contributed by atoms with E-state index in [0.29, 0.717) is 28.6 Å². The van der Waals surface area contributed by atoms with Crippen molar-refractivity contribution in [1.29, 1.82) is 0 Å². The van der Waals surface area contributed by atoms with Gasteiger partial charge in [-0.3, -0.25) is 9.59 Å². The fourth-order valence-electron chi connectivity index (χ4n) is 4.40. The predicted molar refractivity (Wildman–Crippen MR) is 143 cm³/mol. The number of para-hydroxylation sites is 2. The van der Waals surface area contributed by atoms with Gasteiger partial charge in [-0.1, -0.05) is 29.8 Å². The van der Waals surface area contributed by atoms with E-state index in [1.165, 1.54) is 4.88 Å². The first-order valence-corrected chi connectivity index (χ1v) is 13.1. The third-order valence-electron chi connectivity index (χ3n) is 6.30. The molecule has 1 aromatic heterocycles. The largest absolute Gasteiger partial charge is 0.493 e. The number of amides is 2. The second-order valence-corrected chi connectivity index (χ2v) is 11.1. The molecular weight excluding hydrogens is 496 g/mol. The molecule has 6 nitrogen and oxygen atoms in total. The minimum atomic E-state index is -0.568. The Balaban J connectivity index is 1.58. The number of fused-ring (bicyclic) bond motifs is 1. The number of thiophene rings is 1. The lowest BCUT2D eigenvalue weighted by Gasteiger charge is -2.40. The smallest absolute Gasteiger partial charge is 0.254 e. The van der Waals surface area contributed by atoms with Crippen LogP contribution in [0.15, 0.2) is 60.0 Å². The van der Waals surface area contributed by atoms with Gasteiger partial charge in [-0.05, 0) is 74.5 Å². The van der Waals surface area contributed by atoms with Crippen molar-refractivity contribution in [2.45, 2.75) is 38.8 Å². The normalized spacial score (nSPS) is 15.2. The zero-order chi connectivity index (χ0) is 25.9. The second-order valence-electron chi connectivity index (χ2n) is 9.69. The Morgan fingerprint density at radius 1 is 1.11 bits per heavy atom. The van der Waals surface area contributed by atoms with Crippen LogP contribution in [0, 0.1) is 0 Å². The van der Waals surface area contributed by atoms with Crippen LogP contribution >= 0.6 is 22.9 Å². The maximum Gasteiger partial charge on any atom is 0.254 e. The molecular formula is C28H31ClN2O4S. The molecule has 36 heavy (non-hydrogen) atoms. The molecule has 1 aliphatic rings. The molecule has 0 spiro atoms. The third kappa shape index (κ3) is 5.68. The highest BCUT2D eigenvalue weighted by Gasteiger charge is 2.36. The first-order valence-electron chi connectivity index (χ1n) is 11.9. The van der Waals surface area contributed by atoms with Crippen LogP contribution in [0.2, 0.25) is 5.02 Å². The van der Waals surface area contributed by atoms with Crippen LogP contribution in [0.4, 0.5) is 0 Å². The Kier molecular flexibility index (Phi) is 7.91. The molecule has 0 fully saturated rings. The van der Waals surface area contributed by atoms with E-state index in [1.54, 1.807) is 47.6 Å². The van der Waals surface area contributed by atoms with Crippen molar-refractivity contribution < 1.29 is 19.1 Å². The summed E-state index contributed by atoms with van der Waals surface area (Å²) in [5, 5.41) is 2.54. The molecule has 4 rings (SSSR count). The van der Waals surface area contributed by atoms with E-state index >= 15 is 0 Å². The monoisotopic (exact) mass is 526 g/mol. The lowest BCUT2D eigenvalue weighted by atomic mass is 9.99. The lowest BCUT2D eigenvalue weighted by molar-refractivity contribution is -0.136. The Labute approximate surface area is 221 Å². The predicted octanol–water partition coefficient (Wildman–Crippen LogP) is 5.86. The molecule has 1 atom stereocenters. The van der Waals surface area contributed by atoms with Gasteiger partial charge < -0.3 is 19.3 Å². The van der Waals surface area contributed by atoms with Crippen LogP contribution in [0.5, 0.6) is 11.5 Å². The summed E-state index contributed by atoms with van der Waals surface area (Å²) in [4.78, 5) is 31.9. The molecule has 0 saturated carbocycles. The van der Waals surface area contributed by atoms with E-state index in [9.17, 15) is 9.59 Å². The molecule has 0 radical (unpaired) electrons. The zero-order valence-electron chi connectivity index (χ0n) is 21.0. The van der Waals surface area contributed by atoms with Gasteiger partial charge in [-0.15, -0.1) is 11.3 Å². The molecule has 3 aromatic rings. The Bertz CT molecular complexity index is 1240. The summed E-state index contributed by atoms with van der Waals surface area (Å²) in [6.07, 6.45) is 0.779. The molecule has 0 N–H and O–H groups in total. The molecule has 1 aliphatic heterocycles. The van der Waals surface area contributed by atoms with E-state index in [4.69, 9.17) is 21.1 Å². The number of hydrogen-bond donors (Lipinski definition) is 0. The summed E-state index contributed by atoms with van der Waals surface area (Å²) in [6.45, 7) is 6.59. The van der Waals surface area contributed by atoms with Gasteiger partial charge in [0.2, 0.25) is 5.91 Å². The second kappa shape index (κ2) is 10.9. The van der Waals surface area contributed by atoms with Crippen molar-refractivity contribution in [1.82, 2.24) is 9.80 Å². The molecule has 8 heteroatoms. The molecule has 2 heterocycles. The fourth-order valence-corrected chi connectivity index (χ4v) is 5.52. The van der Waals surface area contributed by atoms with Crippen molar-refractivity contribution in [2.24, 2.45) is 0 Å². The molecule has 0 unspecified atom stereocenters. The lowest BCUT2D eigenvalue weighted by Crippen LogP contribution is -2.53. The first kappa shape index (κ1) is 26.0. The SMILES string of the molecule is COc1ccccc1OC[C@H]1c2ccsc2CCN1C(=O)CN(C(=O)c1cccc(Cl)c1)C(C)(C)C. The first-order chi connectivity index (χ1) is 17.2. The molecule has 2 aromatic carbocycles. The zero-order valence-corrected chi connectivity index (χ0v) is 22.6. The fraction of sp³-hybridized carbons (Fsp3) is 0.357. The van der Waals surface area contributed by atoms with Crippen LogP contribution in [-0.2, 0) is 11.2 Å². The molecule has 0 bridgehead atoms. The van der Waals surface area contributed by atoms with Crippen LogP contribution in [0.25, 0.3) is 0 Å². The van der Waals surface area contributed by atoms with Crippen molar-refractivity contribution >= 4 is 34.8 Å². The van der Waals surface area contributed by atoms with E-state index in [2.05, 4.69) is 11.4 Å². The molecule has 0 saturated heterocycles. The standard InChI is InChI=1S/C28H31ClN2O4S/c1-28(2,3)31(27(33)19-8-7-9-20(29)16-19)17-26(32)30-14-12-25-21(13-15-36-25)22(30)18-35-24-11-6-5-10-23(24)34-4/h5-11,13,15-16,22H,12,14,17-18H2,1-4H3/t22-/m0/s1. The number of rotatable bonds is 7. The van der Waals surface area contributed by atoms with Crippen molar-refractivity contribution in [3.8, 4) is 11.5 Å². The van der Waals surface area contributed by atoms with Crippen LogP contribution in [0.3, 0.4) is 0 Å².